The zero-order valence-corrected chi connectivity index (χ0v) is 53.2. The van der Waals surface area contributed by atoms with Crippen molar-refractivity contribution in [2.75, 3.05) is 20.6 Å². The second-order valence-electron chi connectivity index (χ2n) is 25.3. The van der Waals surface area contributed by atoms with Crippen molar-refractivity contribution in [1.82, 2.24) is 10.6 Å². The van der Waals surface area contributed by atoms with E-state index in [1.165, 1.54) is 12.8 Å². The number of carbonyl (C=O) groups is 2. The van der Waals surface area contributed by atoms with Gasteiger partial charge in [-0.2, -0.15) is 0 Å². The van der Waals surface area contributed by atoms with Crippen LogP contribution in [0.3, 0.4) is 0 Å². The fourth-order valence-electron chi connectivity index (χ4n) is 11.1. The van der Waals surface area contributed by atoms with Crippen molar-refractivity contribution >= 4 is 17.9 Å². The predicted octanol–water partition coefficient (Wildman–Crippen LogP) is 7.93. The van der Waals surface area contributed by atoms with Gasteiger partial charge < -0.3 is 75.9 Å². The van der Waals surface area contributed by atoms with E-state index in [2.05, 4.69) is 48.5 Å². The van der Waals surface area contributed by atoms with Gasteiger partial charge in [-0.25, -0.2) is 4.79 Å². The highest BCUT2D eigenvalue weighted by Crippen LogP contribution is 2.36. The SMILES string of the molecule is CN=C(NC)NCCC/C=C/CCC[C@H](C)[C@@H]1OC(=O)/C(C)=C\C=C\[C@@H](C)[C@@H](O)C[C@@H](O)[C@H](C)[C@H](O)CC[C@H](C)[C@@H](O)C[C@]2(O)O[C@H](C[C@H](OC(=O)CCCCCCCCC(C)C)C[C@H](O)C[C@H](O)C[C@@H](O)/C(C)=C\C=C\[C@H]1C)C[C@@H](O)[C@@H]2O. The number of aliphatic imine (C=N–C) groups is 1. The summed E-state index contributed by atoms with van der Waals surface area (Å²) in [6.07, 6.45) is 11.8. The number of allylic oxidation sites excluding steroid dienone is 6. The molecule has 2 bridgehead atoms. The maximum Gasteiger partial charge on any atom is 0.334 e. The Balaban J connectivity index is 2.42. The van der Waals surface area contributed by atoms with Crippen molar-refractivity contribution in [3.63, 3.8) is 0 Å². The van der Waals surface area contributed by atoms with Crippen molar-refractivity contribution in [1.29, 1.82) is 0 Å². The molecule has 0 unspecified atom stereocenters. The first-order chi connectivity index (χ1) is 39.7. The zero-order valence-electron chi connectivity index (χ0n) is 53.2. The predicted molar refractivity (Wildman–Crippen MR) is 331 cm³/mol. The quantitative estimate of drug-likeness (QED) is 0.0192. The average molecular weight is 1190 g/mol. The largest absolute Gasteiger partial charge is 0.462 e. The second-order valence-corrected chi connectivity index (χ2v) is 25.3. The van der Waals surface area contributed by atoms with Crippen molar-refractivity contribution in [3.8, 4) is 0 Å². The van der Waals surface area contributed by atoms with Crippen LogP contribution in [0, 0.1) is 35.5 Å². The number of guanidine groups is 1. The topological polar surface area (TPSA) is 301 Å². The fourth-order valence-corrected chi connectivity index (χ4v) is 11.1. The number of hydrogen-bond acceptors (Lipinski definition) is 16. The van der Waals surface area contributed by atoms with Crippen LogP contribution in [0.4, 0.5) is 0 Å². The van der Waals surface area contributed by atoms with Gasteiger partial charge in [-0.1, -0.05) is 136 Å². The van der Waals surface area contributed by atoms with Gasteiger partial charge >= 0.3 is 11.9 Å². The Labute approximate surface area is 505 Å². The van der Waals surface area contributed by atoms with E-state index in [0.717, 1.165) is 70.3 Å². The lowest BCUT2D eigenvalue weighted by Gasteiger charge is -2.45. The summed E-state index contributed by atoms with van der Waals surface area (Å²) in [6, 6.07) is 0. The van der Waals surface area contributed by atoms with E-state index in [-0.39, 0.29) is 69.6 Å². The minimum absolute atomic E-state index is 0.0328. The Kier molecular flexibility index (Phi) is 37.9. The van der Waals surface area contributed by atoms with Gasteiger partial charge in [0.25, 0.3) is 0 Å². The van der Waals surface area contributed by atoms with Crippen LogP contribution in [0.1, 0.15) is 204 Å². The lowest BCUT2D eigenvalue weighted by atomic mass is 9.84. The molecule has 0 spiro atoms. The third-order valence-corrected chi connectivity index (χ3v) is 17.1. The Morgan fingerprint density at radius 3 is 2.02 bits per heavy atom. The molecule has 0 saturated carbocycles. The molecule has 2 heterocycles. The molecule has 18 nitrogen and oxygen atoms in total. The smallest absolute Gasteiger partial charge is 0.334 e. The Hall–Kier alpha value is -3.53. The van der Waals surface area contributed by atoms with E-state index in [1.807, 2.05) is 20.0 Å². The van der Waals surface area contributed by atoms with Crippen LogP contribution in [0.2, 0.25) is 0 Å². The first-order valence-electron chi connectivity index (χ1n) is 31.9. The van der Waals surface area contributed by atoms with Crippen molar-refractivity contribution in [2.24, 2.45) is 40.5 Å². The molecular formula is C66H117N3O15. The molecule has 0 aromatic rings. The number of aliphatic hydroxyl groups excluding tert-OH is 9. The summed E-state index contributed by atoms with van der Waals surface area (Å²) in [4.78, 5) is 31.2. The zero-order chi connectivity index (χ0) is 62.9. The average Bonchev–Trinajstić information content (AvgIpc) is 3.61. The normalized spacial score (nSPS) is 35.6. The van der Waals surface area contributed by atoms with E-state index in [1.54, 1.807) is 72.0 Å². The van der Waals surface area contributed by atoms with E-state index < -0.39 is 115 Å². The number of esters is 2. The molecule has 84 heavy (non-hydrogen) atoms. The minimum atomic E-state index is -2.43. The molecule has 18 atom stereocenters. The summed E-state index contributed by atoms with van der Waals surface area (Å²) in [7, 11) is 3.55. The molecule has 0 aromatic carbocycles. The first-order valence-corrected chi connectivity index (χ1v) is 31.9. The highest BCUT2D eigenvalue weighted by Gasteiger charge is 2.50. The number of aliphatic hydroxyl groups is 10. The van der Waals surface area contributed by atoms with Crippen LogP contribution in [-0.2, 0) is 23.8 Å². The highest BCUT2D eigenvalue weighted by atomic mass is 16.7. The molecule has 1 fully saturated rings. The lowest BCUT2D eigenvalue weighted by Crippen LogP contribution is -2.60. The van der Waals surface area contributed by atoms with Gasteiger partial charge in [-0.15, -0.1) is 0 Å². The van der Waals surface area contributed by atoms with Crippen molar-refractivity contribution < 1.29 is 74.9 Å². The monoisotopic (exact) mass is 1190 g/mol. The maximum atomic E-state index is 13.7. The molecule has 0 radical (unpaired) electrons. The molecule has 12 N–H and O–H groups in total. The second kappa shape index (κ2) is 41.6. The molecule has 0 amide bonds. The van der Waals surface area contributed by atoms with Crippen LogP contribution in [0.5, 0.6) is 0 Å². The van der Waals surface area contributed by atoms with E-state index >= 15 is 0 Å². The van der Waals surface area contributed by atoms with Crippen molar-refractivity contribution in [2.45, 2.75) is 283 Å². The molecule has 1 saturated heterocycles. The number of nitrogens with zero attached hydrogens (tertiary/aromatic N) is 1. The van der Waals surface area contributed by atoms with Gasteiger partial charge in [0.1, 0.15) is 18.3 Å². The minimum Gasteiger partial charge on any atom is -0.462 e. The Bertz CT molecular complexity index is 2010. The number of rotatable bonds is 19. The third-order valence-electron chi connectivity index (χ3n) is 17.1. The molecular weight excluding hydrogens is 1070 g/mol. The van der Waals surface area contributed by atoms with Crippen LogP contribution < -0.4 is 10.6 Å². The van der Waals surface area contributed by atoms with Gasteiger partial charge in [0.05, 0.1) is 54.9 Å². The highest BCUT2D eigenvalue weighted by molar-refractivity contribution is 5.88. The van der Waals surface area contributed by atoms with E-state index in [0.29, 0.717) is 23.5 Å². The molecule has 18 heteroatoms. The molecule has 2 rings (SSSR count). The standard InChI is InChI=1S/C66H117N3O15/c1-43(2)26-20-16-12-13-18-22-32-61(78)82-53-37-51(70)36-52(71)38-56(73)44(3)28-24-30-48(7)62(47(6)27-21-17-14-15-19-23-35-69-65(67-10)68-11)83-64(80)49(8)31-25-29-45(4)57(74)41-58(75)50(9)55(72)34-33-46(5)60(77)42-66(81)63(79)59(76)40-54(39-53)84-66/h14-15,24-25,28-31,43,45-48,50-60,62-63,70-77,79,81H,12-13,16-23,26-27,32-42H2,1-11H3,(H2,67,68,69)/b15-14+,29-25+,30-24+,44-28-,49-31-/t45-,46+,47+,48-,50-,51-,52+,53-,54-,55-,56-,57+,58-,59-,60+,62+,63+,66+/m1/s1. The number of carbonyl (C=O) groups excluding carboxylic acids is 2. The van der Waals surface area contributed by atoms with Crippen molar-refractivity contribution in [3.05, 3.63) is 59.8 Å². The van der Waals surface area contributed by atoms with Gasteiger partial charge in [0.2, 0.25) is 0 Å². The number of unbranched alkanes of at least 4 members (excludes halogenated alkanes) is 7. The molecule has 0 aliphatic carbocycles. The summed E-state index contributed by atoms with van der Waals surface area (Å²) < 4.78 is 18.3. The number of fused-ring (bicyclic) bond motifs is 2. The number of hydrogen-bond donors (Lipinski definition) is 12. The van der Waals surface area contributed by atoms with Crippen LogP contribution in [-0.4, -0.2) is 169 Å². The van der Waals surface area contributed by atoms with Gasteiger partial charge in [-0.3, -0.25) is 9.79 Å². The Morgan fingerprint density at radius 2 is 1.36 bits per heavy atom. The van der Waals surface area contributed by atoms with E-state index in [9.17, 15) is 60.7 Å². The summed E-state index contributed by atoms with van der Waals surface area (Å²) in [5.74, 6) is -3.97. The number of ether oxygens (including phenoxy) is 3. The number of cyclic esters (lactones) is 1. The van der Waals surface area contributed by atoms with Crippen LogP contribution in [0.25, 0.3) is 0 Å². The summed E-state index contributed by atoms with van der Waals surface area (Å²) in [5, 5.41) is 119. The molecule has 486 valence electrons. The van der Waals surface area contributed by atoms with Crippen LogP contribution >= 0.6 is 0 Å². The van der Waals surface area contributed by atoms with E-state index in [4.69, 9.17) is 14.2 Å². The Morgan fingerprint density at radius 1 is 0.726 bits per heavy atom. The molecule has 2 aliphatic rings. The molecule has 0 aromatic heterocycles. The van der Waals surface area contributed by atoms with Gasteiger partial charge in [0, 0.05) is 88.9 Å². The summed E-state index contributed by atoms with van der Waals surface area (Å²) >= 11 is 0. The third kappa shape index (κ3) is 30.4. The summed E-state index contributed by atoms with van der Waals surface area (Å²) in [5.41, 5.74) is 0.894. The summed E-state index contributed by atoms with van der Waals surface area (Å²) in [6.45, 7) is 17.8. The van der Waals surface area contributed by atoms with Gasteiger partial charge in [-0.05, 0) is 95.0 Å². The molecule has 2 aliphatic heterocycles. The van der Waals surface area contributed by atoms with Gasteiger partial charge in [0.15, 0.2) is 11.7 Å². The first kappa shape index (κ1) is 76.6. The number of nitrogens with one attached hydrogen (secondary N) is 2. The fraction of sp³-hybridized carbons (Fsp3) is 0.803. The maximum absolute atomic E-state index is 13.7. The van der Waals surface area contributed by atoms with Crippen LogP contribution in [0.15, 0.2) is 64.7 Å². The lowest BCUT2D eigenvalue weighted by molar-refractivity contribution is -0.333.